The molecule has 1 aromatic carbocycles. The highest BCUT2D eigenvalue weighted by Crippen LogP contribution is 2.36. The molecule has 6 heteroatoms. The minimum atomic E-state index is -0.210. The molecule has 1 aromatic rings. The zero-order valence-corrected chi connectivity index (χ0v) is 11.9. The van der Waals surface area contributed by atoms with Crippen LogP contribution in [0.3, 0.4) is 0 Å². The normalized spacial score (nSPS) is 18.2. The maximum atomic E-state index is 12.4. The SMILES string of the molecule is Nc1cccc2c1OCC(=O)N2CC(=O)N1CCCCC1. The van der Waals surface area contributed by atoms with Crippen LogP contribution in [0.15, 0.2) is 18.2 Å². The molecule has 0 saturated carbocycles. The average Bonchev–Trinajstić information content (AvgIpc) is 2.51. The lowest BCUT2D eigenvalue weighted by atomic mass is 10.1. The van der Waals surface area contributed by atoms with Gasteiger partial charge in [-0.2, -0.15) is 0 Å². The third kappa shape index (κ3) is 2.66. The predicted octanol–water partition coefficient (Wildman–Crippen LogP) is 1.01. The standard InChI is InChI=1S/C15H19N3O3/c16-11-5-4-6-12-15(11)21-10-14(20)18(12)9-13(19)17-7-2-1-3-8-17/h4-6H,1-3,7-10,16H2. The Morgan fingerprint density at radius 1 is 1.24 bits per heavy atom. The lowest BCUT2D eigenvalue weighted by molar-refractivity contribution is -0.132. The van der Waals surface area contributed by atoms with Crippen molar-refractivity contribution in [1.29, 1.82) is 0 Å². The zero-order chi connectivity index (χ0) is 14.8. The minimum Gasteiger partial charge on any atom is -0.479 e. The fourth-order valence-electron chi connectivity index (χ4n) is 2.81. The molecule has 0 bridgehead atoms. The quantitative estimate of drug-likeness (QED) is 0.824. The second-order valence-corrected chi connectivity index (χ2v) is 5.41. The summed E-state index contributed by atoms with van der Waals surface area (Å²) in [5.41, 5.74) is 6.93. The number of nitrogens with two attached hydrogens (primary N) is 1. The molecule has 0 radical (unpaired) electrons. The van der Waals surface area contributed by atoms with E-state index in [4.69, 9.17) is 10.5 Å². The van der Waals surface area contributed by atoms with Gasteiger partial charge in [0.15, 0.2) is 12.4 Å². The van der Waals surface area contributed by atoms with E-state index in [2.05, 4.69) is 0 Å². The lowest BCUT2D eigenvalue weighted by Gasteiger charge is -2.33. The van der Waals surface area contributed by atoms with Crippen LogP contribution in [0.4, 0.5) is 11.4 Å². The van der Waals surface area contributed by atoms with Crippen molar-refractivity contribution in [3.05, 3.63) is 18.2 Å². The molecule has 21 heavy (non-hydrogen) atoms. The van der Waals surface area contributed by atoms with Gasteiger partial charge < -0.3 is 15.4 Å². The molecule has 0 aromatic heterocycles. The number of benzene rings is 1. The van der Waals surface area contributed by atoms with Crippen molar-refractivity contribution in [2.24, 2.45) is 0 Å². The lowest BCUT2D eigenvalue weighted by Crippen LogP contribution is -2.47. The van der Waals surface area contributed by atoms with E-state index < -0.39 is 0 Å². The summed E-state index contributed by atoms with van der Waals surface area (Å²) in [6.45, 7) is 1.54. The van der Waals surface area contributed by atoms with Gasteiger partial charge in [-0.05, 0) is 31.4 Å². The fraction of sp³-hybridized carbons (Fsp3) is 0.467. The van der Waals surface area contributed by atoms with E-state index in [9.17, 15) is 9.59 Å². The number of rotatable bonds is 2. The molecule has 1 saturated heterocycles. The number of nitrogens with zero attached hydrogens (tertiary/aromatic N) is 2. The first-order valence-corrected chi connectivity index (χ1v) is 7.26. The van der Waals surface area contributed by atoms with Crippen LogP contribution in [0.1, 0.15) is 19.3 Å². The molecular weight excluding hydrogens is 270 g/mol. The van der Waals surface area contributed by atoms with Crippen molar-refractivity contribution in [2.75, 3.05) is 36.9 Å². The number of fused-ring (bicyclic) bond motifs is 1. The summed E-state index contributed by atoms with van der Waals surface area (Å²) >= 11 is 0. The first-order chi connectivity index (χ1) is 10.2. The number of para-hydroxylation sites is 1. The van der Waals surface area contributed by atoms with E-state index in [1.165, 1.54) is 11.3 Å². The van der Waals surface area contributed by atoms with Gasteiger partial charge >= 0.3 is 0 Å². The van der Waals surface area contributed by atoms with Crippen molar-refractivity contribution in [2.45, 2.75) is 19.3 Å². The summed E-state index contributed by atoms with van der Waals surface area (Å²) in [5.74, 6) is 0.264. The number of likely N-dealkylation sites (tertiary alicyclic amines) is 1. The number of amides is 2. The van der Waals surface area contributed by atoms with E-state index in [1.54, 1.807) is 18.2 Å². The minimum absolute atomic E-state index is 0.0154. The van der Waals surface area contributed by atoms with Crippen LogP contribution in [-0.2, 0) is 9.59 Å². The van der Waals surface area contributed by atoms with Crippen LogP contribution in [0.25, 0.3) is 0 Å². The molecular formula is C15H19N3O3. The summed E-state index contributed by atoms with van der Waals surface area (Å²) in [4.78, 5) is 27.8. The van der Waals surface area contributed by atoms with Gasteiger partial charge in [0.05, 0.1) is 11.4 Å². The van der Waals surface area contributed by atoms with Gasteiger partial charge in [0.2, 0.25) is 5.91 Å². The van der Waals surface area contributed by atoms with Gasteiger partial charge in [-0.1, -0.05) is 6.07 Å². The Morgan fingerprint density at radius 2 is 2.00 bits per heavy atom. The molecule has 2 aliphatic rings. The third-order valence-corrected chi connectivity index (χ3v) is 3.96. The highest BCUT2D eigenvalue weighted by Gasteiger charge is 2.30. The second kappa shape index (κ2) is 5.63. The van der Waals surface area contributed by atoms with Crippen molar-refractivity contribution in [3.63, 3.8) is 0 Å². The Morgan fingerprint density at radius 3 is 2.76 bits per heavy atom. The predicted molar refractivity (Wildman–Crippen MR) is 79.1 cm³/mol. The Kier molecular flexibility index (Phi) is 3.68. The van der Waals surface area contributed by atoms with Crippen LogP contribution in [0, 0.1) is 0 Å². The van der Waals surface area contributed by atoms with Crippen molar-refractivity contribution >= 4 is 23.2 Å². The maximum Gasteiger partial charge on any atom is 0.265 e. The summed E-state index contributed by atoms with van der Waals surface area (Å²) in [7, 11) is 0. The topological polar surface area (TPSA) is 75.9 Å². The molecule has 0 spiro atoms. The highest BCUT2D eigenvalue weighted by molar-refractivity contribution is 6.03. The van der Waals surface area contributed by atoms with Gasteiger partial charge in [-0.25, -0.2) is 0 Å². The Hall–Kier alpha value is -2.24. The second-order valence-electron chi connectivity index (χ2n) is 5.41. The van der Waals surface area contributed by atoms with Gasteiger partial charge in [0.1, 0.15) is 6.54 Å². The van der Waals surface area contributed by atoms with Crippen LogP contribution >= 0.6 is 0 Å². The summed E-state index contributed by atoms with van der Waals surface area (Å²) in [6.07, 6.45) is 3.23. The van der Waals surface area contributed by atoms with E-state index in [1.807, 2.05) is 4.90 Å². The van der Waals surface area contributed by atoms with E-state index in [0.29, 0.717) is 17.1 Å². The summed E-state index contributed by atoms with van der Waals surface area (Å²) in [5, 5.41) is 0. The molecule has 0 aliphatic carbocycles. The molecule has 0 unspecified atom stereocenters. The largest absolute Gasteiger partial charge is 0.479 e. The third-order valence-electron chi connectivity index (χ3n) is 3.96. The Balaban J connectivity index is 1.80. The fourth-order valence-corrected chi connectivity index (χ4v) is 2.81. The first kappa shape index (κ1) is 13.7. The van der Waals surface area contributed by atoms with Crippen LogP contribution in [0.2, 0.25) is 0 Å². The number of piperidine rings is 1. The first-order valence-electron chi connectivity index (χ1n) is 7.26. The van der Waals surface area contributed by atoms with Gasteiger partial charge in [0, 0.05) is 13.1 Å². The van der Waals surface area contributed by atoms with Crippen LogP contribution in [-0.4, -0.2) is 43.0 Å². The number of hydrogen-bond acceptors (Lipinski definition) is 4. The molecule has 112 valence electrons. The molecule has 6 nitrogen and oxygen atoms in total. The zero-order valence-electron chi connectivity index (χ0n) is 11.9. The number of carbonyl (C=O) groups is 2. The molecule has 2 heterocycles. The molecule has 2 aliphatic heterocycles. The number of anilines is 2. The average molecular weight is 289 g/mol. The number of nitrogen functional groups attached to an aromatic ring is 1. The van der Waals surface area contributed by atoms with Gasteiger partial charge in [-0.15, -0.1) is 0 Å². The molecule has 3 rings (SSSR count). The van der Waals surface area contributed by atoms with E-state index in [0.717, 1.165) is 25.9 Å². The van der Waals surface area contributed by atoms with Crippen molar-refractivity contribution < 1.29 is 14.3 Å². The highest BCUT2D eigenvalue weighted by atomic mass is 16.5. The summed E-state index contributed by atoms with van der Waals surface area (Å²) < 4.78 is 5.38. The smallest absolute Gasteiger partial charge is 0.265 e. The Bertz CT molecular complexity index is 567. The van der Waals surface area contributed by atoms with Crippen molar-refractivity contribution in [1.82, 2.24) is 4.90 Å². The molecule has 1 fully saturated rings. The molecule has 2 N–H and O–H groups in total. The van der Waals surface area contributed by atoms with E-state index in [-0.39, 0.29) is 25.0 Å². The summed E-state index contributed by atoms with van der Waals surface area (Å²) in [6, 6.07) is 5.24. The number of carbonyl (C=O) groups excluding carboxylic acids is 2. The van der Waals surface area contributed by atoms with Crippen LogP contribution < -0.4 is 15.4 Å². The maximum absolute atomic E-state index is 12.4. The number of ether oxygens (including phenoxy) is 1. The molecule has 2 amide bonds. The van der Waals surface area contributed by atoms with Gasteiger partial charge in [-0.3, -0.25) is 14.5 Å². The van der Waals surface area contributed by atoms with Gasteiger partial charge in [0.25, 0.3) is 5.91 Å². The van der Waals surface area contributed by atoms with Crippen molar-refractivity contribution in [3.8, 4) is 5.75 Å². The Labute approximate surface area is 123 Å². The number of hydrogen-bond donors (Lipinski definition) is 1. The molecule has 0 atom stereocenters. The monoisotopic (exact) mass is 289 g/mol. The van der Waals surface area contributed by atoms with Crippen LogP contribution in [0.5, 0.6) is 5.75 Å². The van der Waals surface area contributed by atoms with E-state index >= 15 is 0 Å².